The number of rotatable bonds is 6. The number of hydrogen-bond donors (Lipinski definition) is 2. The molecular weight excluding hydrogens is 292 g/mol. The number of carbonyl (C=O) groups excluding carboxylic acids is 1. The summed E-state index contributed by atoms with van der Waals surface area (Å²) in [5, 5.41) is 5.86. The quantitative estimate of drug-likeness (QED) is 0.768. The number of carbonyl (C=O) groups is 1. The molecular formula is C18H22N2OS. The van der Waals surface area contributed by atoms with E-state index in [4.69, 9.17) is 0 Å². The zero-order valence-corrected chi connectivity index (χ0v) is 13.8. The van der Waals surface area contributed by atoms with Crippen LogP contribution in [-0.2, 0) is 6.42 Å². The Balaban J connectivity index is 1.78. The van der Waals surface area contributed by atoms with E-state index >= 15 is 0 Å². The molecule has 0 saturated heterocycles. The lowest BCUT2D eigenvalue weighted by Crippen LogP contribution is -2.36. The largest absolute Gasteiger partial charge is 0.335 e. The number of benzene rings is 2. The van der Waals surface area contributed by atoms with E-state index in [0.717, 1.165) is 23.4 Å². The second-order valence-corrected chi connectivity index (χ2v) is 6.14. The van der Waals surface area contributed by atoms with E-state index in [0.29, 0.717) is 0 Å². The number of hydrogen-bond acceptors (Lipinski definition) is 2. The van der Waals surface area contributed by atoms with Gasteiger partial charge in [-0.1, -0.05) is 36.4 Å². The van der Waals surface area contributed by atoms with Crippen LogP contribution < -0.4 is 10.6 Å². The van der Waals surface area contributed by atoms with Crippen LogP contribution in [0.2, 0.25) is 0 Å². The maximum atomic E-state index is 12.0. The van der Waals surface area contributed by atoms with Gasteiger partial charge in [0, 0.05) is 16.6 Å². The first-order valence-corrected chi connectivity index (χ1v) is 8.65. The van der Waals surface area contributed by atoms with Crippen molar-refractivity contribution in [3.05, 3.63) is 60.2 Å². The number of amides is 2. The van der Waals surface area contributed by atoms with Crippen molar-refractivity contribution in [2.24, 2.45) is 0 Å². The first kappa shape index (κ1) is 16.4. The third kappa shape index (κ3) is 5.45. The van der Waals surface area contributed by atoms with Gasteiger partial charge in [0.25, 0.3) is 0 Å². The maximum absolute atomic E-state index is 12.0. The smallest absolute Gasteiger partial charge is 0.319 e. The highest BCUT2D eigenvalue weighted by Crippen LogP contribution is 2.18. The van der Waals surface area contributed by atoms with Crippen molar-refractivity contribution in [2.45, 2.75) is 30.7 Å². The zero-order chi connectivity index (χ0) is 15.8. The van der Waals surface area contributed by atoms with Crippen molar-refractivity contribution in [3.8, 4) is 0 Å². The second-order valence-electron chi connectivity index (χ2n) is 5.26. The predicted molar refractivity (Wildman–Crippen MR) is 94.6 cm³/mol. The van der Waals surface area contributed by atoms with Crippen molar-refractivity contribution < 1.29 is 4.79 Å². The summed E-state index contributed by atoms with van der Waals surface area (Å²) in [5.74, 6) is 0. The average Bonchev–Trinajstić information content (AvgIpc) is 2.54. The van der Waals surface area contributed by atoms with Gasteiger partial charge in [-0.2, -0.15) is 0 Å². The zero-order valence-electron chi connectivity index (χ0n) is 13.0. The molecule has 2 aromatic rings. The summed E-state index contributed by atoms with van der Waals surface area (Å²) in [6, 6.07) is 18.1. The minimum Gasteiger partial charge on any atom is -0.335 e. The van der Waals surface area contributed by atoms with Gasteiger partial charge >= 0.3 is 6.03 Å². The molecule has 0 unspecified atom stereocenters. The molecule has 0 spiro atoms. The molecule has 4 heteroatoms. The highest BCUT2D eigenvalue weighted by molar-refractivity contribution is 7.98. The summed E-state index contributed by atoms with van der Waals surface area (Å²) >= 11 is 1.66. The van der Waals surface area contributed by atoms with Crippen LogP contribution in [-0.4, -0.2) is 18.3 Å². The first-order valence-electron chi connectivity index (χ1n) is 7.43. The number of urea groups is 1. The summed E-state index contributed by atoms with van der Waals surface area (Å²) in [6.45, 7) is 2.03. The van der Waals surface area contributed by atoms with Gasteiger partial charge in [-0.05, 0) is 49.8 Å². The molecule has 2 rings (SSSR count). The van der Waals surface area contributed by atoms with Gasteiger partial charge in [0.15, 0.2) is 0 Å². The van der Waals surface area contributed by atoms with Crippen LogP contribution in [0.15, 0.2) is 59.5 Å². The lowest BCUT2D eigenvalue weighted by molar-refractivity contribution is 0.248. The van der Waals surface area contributed by atoms with E-state index < -0.39 is 0 Å². The van der Waals surface area contributed by atoms with Crippen LogP contribution in [0.25, 0.3) is 0 Å². The van der Waals surface area contributed by atoms with Crippen LogP contribution in [0, 0.1) is 0 Å². The van der Waals surface area contributed by atoms with Crippen molar-refractivity contribution in [2.75, 3.05) is 11.6 Å². The fourth-order valence-corrected chi connectivity index (χ4v) is 2.65. The Kier molecular flexibility index (Phi) is 6.34. The normalized spacial score (nSPS) is 11.7. The third-order valence-corrected chi connectivity index (χ3v) is 4.14. The van der Waals surface area contributed by atoms with Gasteiger partial charge in [0.2, 0.25) is 0 Å². The summed E-state index contributed by atoms with van der Waals surface area (Å²) in [7, 11) is 0. The van der Waals surface area contributed by atoms with Gasteiger partial charge in [-0.3, -0.25) is 0 Å². The molecule has 0 aliphatic rings. The van der Waals surface area contributed by atoms with Crippen molar-refractivity contribution in [1.29, 1.82) is 0 Å². The van der Waals surface area contributed by atoms with E-state index in [1.807, 2.05) is 55.6 Å². The lowest BCUT2D eigenvalue weighted by atomic mass is 10.1. The van der Waals surface area contributed by atoms with Crippen molar-refractivity contribution >= 4 is 23.5 Å². The summed E-state index contributed by atoms with van der Waals surface area (Å²) in [5.41, 5.74) is 2.11. The van der Waals surface area contributed by atoms with Crippen LogP contribution >= 0.6 is 11.8 Å². The van der Waals surface area contributed by atoms with Crippen molar-refractivity contribution in [3.63, 3.8) is 0 Å². The van der Waals surface area contributed by atoms with Gasteiger partial charge in [-0.15, -0.1) is 11.8 Å². The second kappa shape index (κ2) is 8.49. The molecule has 0 heterocycles. The van der Waals surface area contributed by atoms with E-state index in [1.165, 1.54) is 5.56 Å². The number of anilines is 1. The lowest BCUT2D eigenvalue weighted by Gasteiger charge is -2.15. The van der Waals surface area contributed by atoms with E-state index in [1.54, 1.807) is 11.8 Å². The Hall–Kier alpha value is -1.94. The first-order chi connectivity index (χ1) is 10.7. The summed E-state index contributed by atoms with van der Waals surface area (Å²) < 4.78 is 0. The summed E-state index contributed by atoms with van der Waals surface area (Å²) in [4.78, 5) is 13.1. The Morgan fingerprint density at radius 1 is 1.14 bits per heavy atom. The van der Waals surface area contributed by atoms with Gasteiger partial charge in [0.1, 0.15) is 0 Å². The molecule has 0 radical (unpaired) electrons. The monoisotopic (exact) mass is 314 g/mol. The van der Waals surface area contributed by atoms with Crippen molar-refractivity contribution in [1.82, 2.24) is 5.32 Å². The standard InChI is InChI=1S/C18H22N2OS/c1-14(11-12-15-7-4-3-5-8-15)19-18(21)20-16-9-6-10-17(13-16)22-2/h3-10,13-14H,11-12H2,1-2H3,(H2,19,20,21)/t14-/m1/s1. The molecule has 0 saturated carbocycles. The van der Waals surface area contributed by atoms with Crippen LogP contribution in [0.3, 0.4) is 0 Å². The van der Waals surface area contributed by atoms with Gasteiger partial charge in [-0.25, -0.2) is 4.79 Å². The fraction of sp³-hybridized carbons (Fsp3) is 0.278. The molecule has 2 N–H and O–H groups in total. The fourth-order valence-electron chi connectivity index (χ4n) is 2.19. The molecule has 2 amide bonds. The Bertz CT molecular complexity index is 601. The highest BCUT2D eigenvalue weighted by Gasteiger charge is 2.08. The Morgan fingerprint density at radius 3 is 2.64 bits per heavy atom. The SMILES string of the molecule is CSc1cccc(NC(=O)N[C@H](C)CCc2ccccc2)c1. The maximum Gasteiger partial charge on any atom is 0.319 e. The Labute approximate surface area is 136 Å². The number of thioether (sulfide) groups is 1. The predicted octanol–water partition coefficient (Wildman–Crippen LogP) is 4.55. The van der Waals surface area contributed by atoms with E-state index in [-0.39, 0.29) is 12.1 Å². The average molecular weight is 314 g/mol. The van der Waals surface area contributed by atoms with Crippen LogP contribution in [0.5, 0.6) is 0 Å². The summed E-state index contributed by atoms with van der Waals surface area (Å²) in [6.07, 6.45) is 3.90. The molecule has 116 valence electrons. The molecule has 3 nitrogen and oxygen atoms in total. The highest BCUT2D eigenvalue weighted by atomic mass is 32.2. The molecule has 0 aliphatic carbocycles. The number of aryl methyl sites for hydroxylation is 1. The topological polar surface area (TPSA) is 41.1 Å². The Morgan fingerprint density at radius 2 is 1.91 bits per heavy atom. The molecule has 0 fully saturated rings. The van der Waals surface area contributed by atoms with Gasteiger partial charge < -0.3 is 10.6 Å². The molecule has 0 aliphatic heterocycles. The minimum atomic E-state index is -0.154. The third-order valence-electron chi connectivity index (χ3n) is 3.41. The van der Waals surface area contributed by atoms with E-state index in [9.17, 15) is 4.79 Å². The van der Waals surface area contributed by atoms with Crippen LogP contribution in [0.4, 0.5) is 10.5 Å². The molecule has 22 heavy (non-hydrogen) atoms. The molecule has 2 aromatic carbocycles. The number of nitrogens with one attached hydrogen (secondary N) is 2. The minimum absolute atomic E-state index is 0.129. The molecule has 0 bridgehead atoms. The van der Waals surface area contributed by atoms with Gasteiger partial charge in [0.05, 0.1) is 0 Å². The van der Waals surface area contributed by atoms with Crippen LogP contribution in [0.1, 0.15) is 18.9 Å². The molecule has 0 aromatic heterocycles. The molecule has 1 atom stereocenters. The van der Waals surface area contributed by atoms with E-state index in [2.05, 4.69) is 22.8 Å².